The fourth-order valence-corrected chi connectivity index (χ4v) is 3.02. The van der Waals surface area contributed by atoms with Crippen molar-refractivity contribution < 1.29 is 4.79 Å². The Morgan fingerprint density at radius 1 is 1.33 bits per heavy atom. The van der Waals surface area contributed by atoms with E-state index in [-0.39, 0.29) is 5.78 Å². The lowest BCUT2D eigenvalue weighted by Gasteiger charge is -2.20. The highest BCUT2D eigenvalue weighted by atomic mass is 79.9. The van der Waals surface area contributed by atoms with Gasteiger partial charge in [-0.3, -0.25) is 9.69 Å². The van der Waals surface area contributed by atoms with Crippen LogP contribution in [0.25, 0.3) is 0 Å². The number of nitrogens with zero attached hydrogens (tertiary/aromatic N) is 2. The Hall–Kier alpha value is -0.230. The van der Waals surface area contributed by atoms with Gasteiger partial charge in [-0.2, -0.15) is 0 Å². The minimum atomic E-state index is 0.220. The molecule has 18 heavy (non-hydrogen) atoms. The van der Waals surface area contributed by atoms with Crippen molar-refractivity contribution >= 4 is 33.0 Å². The molecule has 0 radical (unpaired) electrons. The van der Waals surface area contributed by atoms with E-state index in [4.69, 9.17) is 0 Å². The predicted octanol–water partition coefficient (Wildman–Crippen LogP) is 2.97. The first-order chi connectivity index (χ1) is 8.52. The van der Waals surface area contributed by atoms with E-state index in [1.54, 1.807) is 0 Å². The molecule has 1 heterocycles. The highest BCUT2D eigenvalue weighted by Gasteiger charge is 2.12. The number of hydrogen-bond acceptors (Lipinski definition) is 4. The molecule has 0 N–H and O–H groups in total. The summed E-state index contributed by atoms with van der Waals surface area (Å²) in [6.07, 6.45) is 1.10. The summed E-state index contributed by atoms with van der Waals surface area (Å²) in [7, 11) is 4.15. The molecular formula is C13H21BrN2OS. The minimum absolute atomic E-state index is 0.220. The van der Waals surface area contributed by atoms with Gasteiger partial charge in [0.15, 0.2) is 5.78 Å². The van der Waals surface area contributed by atoms with Crippen LogP contribution in [0.1, 0.15) is 23.0 Å². The van der Waals surface area contributed by atoms with Gasteiger partial charge in [-0.1, -0.05) is 6.92 Å². The van der Waals surface area contributed by atoms with Gasteiger partial charge >= 0.3 is 0 Å². The molecule has 1 aromatic rings. The van der Waals surface area contributed by atoms with E-state index in [0.29, 0.717) is 6.54 Å². The molecule has 0 unspecified atom stereocenters. The van der Waals surface area contributed by atoms with Crippen LogP contribution in [0.3, 0.4) is 0 Å². The zero-order chi connectivity index (χ0) is 13.5. The molecule has 0 aliphatic heterocycles. The standard InChI is InChI=1S/C13H21BrN2OS/c1-4-16(9-5-8-15(2)3)10-11(17)12-6-7-13(14)18-12/h6-7H,4-5,8-10H2,1-3H3. The molecule has 0 aliphatic rings. The summed E-state index contributed by atoms with van der Waals surface area (Å²) in [6, 6.07) is 3.82. The number of ketones is 1. The molecule has 3 nitrogen and oxygen atoms in total. The van der Waals surface area contributed by atoms with Gasteiger partial charge in [-0.15, -0.1) is 11.3 Å². The molecular weight excluding hydrogens is 312 g/mol. The van der Waals surface area contributed by atoms with E-state index < -0.39 is 0 Å². The molecule has 102 valence electrons. The Labute approximate surface area is 122 Å². The van der Waals surface area contributed by atoms with Crippen LogP contribution in [0.5, 0.6) is 0 Å². The first-order valence-corrected chi connectivity index (χ1v) is 7.79. The molecule has 0 atom stereocenters. The van der Waals surface area contributed by atoms with Crippen molar-refractivity contribution in [2.75, 3.05) is 40.3 Å². The van der Waals surface area contributed by atoms with Crippen molar-refractivity contribution in [3.8, 4) is 0 Å². The number of halogens is 1. The van der Waals surface area contributed by atoms with Crippen LogP contribution in [-0.4, -0.2) is 55.9 Å². The Morgan fingerprint density at radius 2 is 2.06 bits per heavy atom. The average molecular weight is 333 g/mol. The molecule has 0 saturated heterocycles. The van der Waals surface area contributed by atoms with E-state index in [9.17, 15) is 4.79 Å². The zero-order valence-corrected chi connectivity index (χ0v) is 13.7. The van der Waals surface area contributed by atoms with Gasteiger partial charge in [0, 0.05) is 0 Å². The summed E-state index contributed by atoms with van der Waals surface area (Å²) in [5.74, 6) is 0.220. The second-order valence-corrected chi connectivity index (χ2v) is 7.02. The van der Waals surface area contributed by atoms with Gasteiger partial charge in [-0.25, -0.2) is 0 Å². The lowest BCUT2D eigenvalue weighted by Crippen LogP contribution is -2.32. The zero-order valence-electron chi connectivity index (χ0n) is 11.3. The van der Waals surface area contributed by atoms with Crippen molar-refractivity contribution in [1.82, 2.24) is 9.80 Å². The first-order valence-electron chi connectivity index (χ1n) is 6.18. The molecule has 0 fully saturated rings. The SMILES string of the molecule is CCN(CCCN(C)C)CC(=O)c1ccc(Br)s1. The lowest BCUT2D eigenvalue weighted by molar-refractivity contribution is 0.0936. The summed E-state index contributed by atoms with van der Waals surface area (Å²) in [4.78, 5) is 17.3. The van der Waals surface area contributed by atoms with Gasteiger partial charge in [0.05, 0.1) is 15.2 Å². The van der Waals surface area contributed by atoms with Gasteiger partial charge in [0.2, 0.25) is 0 Å². The van der Waals surface area contributed by atoms with Gasteiger partial charge in [-0.05, 0) is 68.2 Å². The summed E-state index contributed by atoms with van der Waals surface area (Å²) < 4.78 is 1.02. The fraction of sp³-hybridized carbons (Fsp3) is 0.615. The molecule has 0 bridgehead atoms. The predicted molar refractivity (Wildman–Crippen MR) is 81.6 cm³/mol. The second-order valence-electron chi connectivity index (χ2n) is 4.55. The smallest absolute Gasteiger partial charge is 0.186 e. The van der Waals surface area contributed by atoms with Crippen LogP contribution in [0, 0.1) is 0 Å². The molecule has 0 aliphatic carbocycles. The summed E-state index contributed by atoms with van der Waals surface area (Å²) in [6.45, 7) is 5.60. The van der Waals surface area contributed by atoms with Crippen LogP contribution >= 0.6 is 27.3 Å². The minimum Gasteiger partial charge on any atom is -0.309 e. The molecule has 0 spiro atoms. The lowest BCUT2D eigenvalue weighted by atomic mass is 10.2. The first kappa shape index (κ1) is 15.8. The van der Waals surface area contributed by atoms with Crippen LogP contribution in [0.4, 0.5) is 0 Å². The number of carbonyl (C=O) groups excluding carboxylic acids is 1. The Kier molecular flexibility index (Phi) is 7.07. The molecule has 0 aromatic carbocycles. The van der Waals surface area contributed by atoms with Crippen LogP contribution in [0.15, 0.2) is 15.9 Å². The molecule has 0 saturated carbocycles. The monoisotopic (exact) mass is 332 g/mol. The van der Waals surface area contributed by atoms with E-state index >= 15 is 0 Å². The van der Waals surface area contributed by atoms with Crippen molar-refractivity contribution in [2.24, 2.45) is 0 Å². The third kappa shape index (κ3) is 5.61. The summed E-state index contributed by atoms with van der Waals surface area (Å²) in [5.41, 5.74) is 0. The van der Waals surface area contributed by atoms with Crippen molar-refractivity contribution in [2.45, 2.75) is 13.3 Å². The Bertz CT molecular complexity index is 379. The number of carbonyl (C=O) groups is 1. The Balaban J connectivity index is 2.40. The van der Waals surface area contributed by atoms with Gasteiger partial charge in [0.25, 0.3) is 0 Å². The third-order valence-corrected chi connectivity index (χ3v) is 4.41. The van der Waals surface area contributed by atoms with Crippen molar-refractivity contribution in [1.29, 1.82) is 0 Å². The second kappa shape index (κ2) is 8.04. The van der Waals surface area contributed by atoms with Crippen LogP contribution in [-0.2, 0) is 0 Å². The molecule has 0 amide bonds. The van der Waals surface area contributed by atoms with E-state index in [0.717, 1.165) is 34.7 Å². The van der Waals surface area contributed by atoms with Gasteiger partial charge < -0.3 is 4.90 Å². The molecule has 1 aromatic heterocycles. The number of thiophene rings is 1. The number of Topliss-reactive ketones (excluding diaryl/α,β-unsaturated/α-hetero) is 1. The van der Waals surface area contributed by atoms with Crippen LogP contribution in [0.2, 0.25) is 0 Å². The fourth-order valence-electron chi connectivity index (χ4n) is 1.70. The summed E-state index contributed by atoms with van der Waals surface area (Å²) in [5, 5.41) is 0. The topological polar surface area (TPSA) is 23.6 Å². The highest BCUT2D eigenvalue weighted by molar-refractivity contribution is 9.11. The molecule has 5 heteroatoms. The van der Waals surface area contributed by atoms with E-state index in [1.807, 2.05) is 12.1 Å². The number of rotatable bonds is 8. The van der Waals surface area contributed by atoms with Crippen molar-refractivity contribution in [3.63, 3.8) is 0 Å². The van der Waals surface area contributed by atoms with Gasteiger partial charge in [0.1, 0.15) is 0 Å². The largest absolute Gasteiger partial charge is 0.309 e. The number of likely N-dealkylation sites (N-methyl/N-ethyl adjacent to an activating group) is 1. The quantitative estimate of drug-likeness (QED) is 0.684. The maximum Gasteiger partial charge on any atom is 0.186 e. The van der Waals surface area contributed by atoms with Crippen molar-refractivity contribution in [3.05, 3.63) is 20.8 Å². The normalized spacial score (nSPS) is 11.4. The van der Waals surface area contributed by atoms with E-state index in [2.05, 4.69) is 46.7 Å². The molecule has 1 rings (SSSR count). The maximum absolute atomic E-state index is 12.1. The highest BCUT2D eigenvalue weighted by Crippen LogP contribution is 2.22. The van der Waals surface area contributed by atoms with Crippen LogP contribution < -0.4 is 0 Å². The van der Waals surface area contributed by atoms with E-state index in [1.165, 1.54) is 11.3 Å². The third-order valence-electron chi connectivity index (χ3n) is 2.74. The summed E-state index contributed by atoms with van der Waals surface area (Å²) >= 11 is 4.90. The number of hydrogen-bond donors (Lipinski definition) is 0. The Morgan fingerprint density at radius 3 is 2.56 bits per heavy atom. The maximum atomic E-state index is 12.1. The average Bonchev–Trinajstić information content (AvgIpc) is 2.74.